The highest BCUT2D eigenvalue weighted by Gasteiger charge is 2.13. The third-order valence-electron chi connectivity index (χ3n) is 2.50. The fourth-order valence-corrected chi connectivity index (χ4v) is 1.58. The Morgan fingerprint density at radius 1 is 1.14 bits per heavy atom. The van der Waals surface area contributed by atoms with Gasteiger partial charge in [-0.15, -0.1) is 0 Å². The molecule has 0 aliphatic heterocycles. The van der Waals surface area contributed by atoms with Crippen molar-refractivity contribution >= 4 is 23.4 Å². The van der Waals surface area contributed by atoms with E-state index in [1.54, 1.807) is 24.3 Å². The van der Waals surface area contributed by atoms with E-state index >= 15 is 0 Å². The van der Waals surface area contributed by atoms with Crippen LogP contribution in [0, 0.1) is 0 Å². The minimum Gasteiger partial charge on any atom is -0.350 e. The molecule has 1 aromatic rings. The predicted octanol–water partition coefficient (Wildman–Crippen LogP) is -0.162. The average Bonchev–Trinajstić information content (AvgIpc) is 2.44. The molecule has 5 N–H and O–H groups in total. The highest BCUT2D eigenvalue weighted by Crippen LogP contribution is 2.14. The number of carbonyl (C=O) groups excluding carboxylic acids is 3. The molecule has 0 unspecified atom stereocenters. The van der Waals surface area contributed by atoms with Crippen LogP contribution in [0.1, 0.15) is 24.2 Å². The minimum atomic E-state index is -0.429. The first-order valence-electron chi connectivity index (χ1n) is 6.60. The summed E-state index contributed by atoms with van der Waals surface area (Å²) in [4.78, 5) is 34.7. The summed E-state index contributed by atoms with van der Waals surface area (Å²) in [6.45, 7) is 3.32. The second-order valence-electron chi connectivity index (χ2n) is 4.70. The number of rotatable bonds is 6. The Morgan fingerprint density at radius 3 is 2.43 bits per heavy atom. The van der Waals surface area contributed by atoms with Gasteiger partial charge >= 0.3 is 0 Å². The summed E-state index contributed by atoms with van der Waals surface area (Å²) in [5.41, 5.74) is 5.88. The minimum absolute atomic E-state index is 0.00917. The molecule has 0 aromatic heterocycles. The van der Waals surface area contributed by atoms with Crippen LogP contribution in [0.5, 0.6) is 0 Å². The highest BCUT2D eigenvalue weighted by atomic mass is 16.2. The number of carbonyl (C=O) groups is 3. The number of benzene rings is 1. The molecule has 114 valence electrons. The van der Waals surface area contributed by atoms with Crippen LogP contribution in [0.4, 0.5) is 5.69 Å². The SMILES string of the molecule is CC(C)NC(=O)c1ccccc1NC(=O)CNC(=O)CN. The van der Waals surface area contributed by atoms with Crippen LogP contribution in [0.2, 0.25) is 0 Å². The molecule has 0 fully saturated rings. The normalized spacial score (nSPS) is 10.1. The van der Waals surface area contributed by atoms with Crippen molar-refractivity contribution in [1.29, 1.82) is 0 Å². The number of anilines is 1. The Labute approximate surface area is 123 Å². The Morgan fingerprint density at radius 2 is 1.81 bits per heavy atom. The van der Waals surface area contributed by atoms with Gasteiger partial charge in [0.2, 0.25) is 11.8 Å². The van der Waals surface area contributed by atoms with Crippen LogP contribution in [-0.2, 0) is 9.59 Å². The van der Waals surface area contributed by atoms with E-state index < -0.39 is 11.8 Å². The van der Waals surface area contributed by atoms with Crippen molar-refractivity contribution in [1.82, 2.24) is 10.6 Å². The van der Waals surface area contributed by atoms with E-state index in [2.05, 4.69) is 16.0 Å². The highest BCUT2D eigenvalue weighted by molar-refractivity contribution is 6.04. The zero-order valence-electron chi connectivity index (χ0n) is 12.1. The van der Waals surface area contributed by atoms with E-state index in [1.807, 2.05) is 13.8 Å². The largest absolute Gasteiger partial charge is 0.350 e. The molecular formula is C14H20N4O3. The first-order chi connectivity index (χ1) is 9.93. The molecule has 0 aliphatic rings. The van der Waals surface area contributed by atoms with Crippen LogP contribution in [0.3, 0.4) is 0 Å². The van der Waals surface area contributed by atoms with E-state index in [9.17, 15) is 14.4 Å². The number of amides is 3. The third-order valence-corrected chi connectivity index (χ3v) is 2.50. The number of nitrogens with one attached hydrogen (secondary N) is 3. The van der Waals surface area contributed by atoms with Gasteiger partial charge in [-0.2, -0.15) is 0 Å². The Hall–Kier alpha value is -2.41. The van der Waals surface area contributed by atoms with Gasteiger partial charge in [0, 0.05) is 6.04 Å². The predicted molar refractivity (Wildman–Crippen MR) is 79.7 cm³/mol. The van der Waals surface area contributed by atoms with E-state index in [4.69, 9.17) is 5.73 Å². The molecule has 0 spiro atoms. The van der Waals surface area contributed by atoms with Crippen molar-refractivity contribution in [3.8, 4) is 0 Å². The molecule has 0 atom stereocenters. The molecule has 7 nitrogen and oxygen atoms in total. The van der Waals surface area contributed by atoms with Gasteiger partial charge in [0.05, 0.1) is 24.3 Å². The Kier molecular flexibility index (Phi) is 6.35. The van der Waals surface area contributed by atoms with Crippen LogP contribution in [-0.4, -0.2) is 36.9 Å². The molecule has 0 heterocycles. The van der Waals surface area contributed by atoms with E-state index in [1.165, 1.54) is 0 Å². The van der Waals surface area contributed by atoms with Gasteiger partial charge in [-0.1, -0.05) is 12.1 Å². The van der Waals surface area contributed by atoms with Gasteiger partial charge in [-0.25, -0.2) is 0 Å². The molecule has 7 heteroatoms. The Balaban J connectivity index is 2.72. The van der Waals surface area contributed by atoms with E-state index in [-0.39, 0.29) is 25.0 Å². The molecule has 0 saturated heterocycles. The van der Waals surface area contributed by atoms with Crippen molar-refractivity contribution in [3.63, 3.8) is 0 Å². The van der Waals surface area contributed by atoms with Crippen LogP contribution in [0.15, 0.2) is 24.3 Å². The van der Waals surface area contributed by atoms with Gasteiger partial charge in [-0.05, 0) is 26.0 Å². The summed E-state index contributed by atoms with van der Waals surface area (Å²) in [5, 5.41) is 7.70. The topological polar surface area (TPSA) is 113 Å². The van der Waals surface area contributed by atoms with Crippen molar-refractivity contribution < 1.29 is 14.4 Å². The Bertz CT molecular complexity index is 529. The lowest BCUT2D eigenvalue weighted by atomic mass is 10.1. The summed E-state index contributed by atoms with van der Waals surface area (Å²) in [6.07, 6.45) is 0. The van der Waals surface area contributed by atoms with Crippen LogP contribution in [0.25, 0.3) is 0 Å². The molecular weight excluding hydrogens is 272 g/mol. The maximum absolute atomic E-state index is 12.0. The second-order valence-corrected chi connectivity index (χ2v) is 4.70. The number of nitrogens with two attached hydrogens (primary N) is 1. The first kappa shape index (κ1) is 16.6. The summed E-state index contributed by atoms with van der Waals surface area (Å²) in [6, 6.07) is 6.65. The summed E-state index contributed by atoms with van der Waals surface area (Å²) < 4.78 is 0. The fourth-order valence-electron chi connectivity index (χ4n) is 1.58. The lowest BCUT2D eigenvalue weighted by Gasteiger charge is -2.13. The van der Waals surface area contributed by atoms with Crippen molar-refractivity contribution in [2.24, 2.45) is 5.73 Å². The van der Waals surface area contributed by atoms with Gasteiger partial charge in [0.15, 0.2) is 0 Å². The van der Waals surface area contributed by atoms with E-state index in [0.29, 0.717) is 11.3 Å². The zero-order chi connectivity index (χ0) is 15.8. The maximum Gasteiger partial charge on any atom is 0.253 e. The standard InChI is InChI=1S/C14H20N4O3/c1-9(2)17-14(21)10-5-3-4-6-11(10)18-13(20)8-16-12(19)7-15/h3-6,9H,7-8,15H2,1-2H3,(H,16,19)(H,17,21)(H,18,20). The van der Waals surface area contributed by atoms with Crippen LogP contribution < -0.4 is 21.7 Å². The van der Waals surface area contributed by atoms with Gasteiger partial charge in [-0.3, -0.25) is 14.4 Å². The molecule has 0 aliphatic carbocycles. The van der Waals surface area contributed by atoms with Crippen molar-refractivity contribution in [2.75, 3.05) is 18.4 Å². The lowest BCUT2D eigenvalue weighted by Crippen LogP contribution is -2.37. The van der Waals surface area contributed by atoms with Gasteiger partial charge in [0.25, 0.3) is 5.91 Å². The molecule has 21 heavy (non-hydrogen) atoms. The molecule has 0 bridgehead atoms. The number of hydrogen-bond donors (Lipinski definition) is 4. The second kappa shape index (κ2) is 8.01. The maximum atomic E-state index is 12.0. The monoisotopic (exact) mass is 292 g/mol. The van der Waals surface area contributed by atoms with Gasteiger partial charge in [0.1, 0.15) is 0 Å². The molecule has 0 saturated carbocycles. The lowest BCUT2D eigenvalue weighted by molar-refractivity contribution is -0.123. The van der Waals surface area contributed by atoms with Crippen molar-refractivity contribution in [2.45, 2.75) is 19.9 Å². The number of para-hydroxylation sites is 1. The molecule has 3 amide bonds. The summed E-state index contributed by atoms with van der Waals surface area (Å²) in [7, 11) is 0. The van der Waals surface area contributed by atoms with Crippen LogP contribution >= 0.6 is 0 Å². The molecule has 1 rings (SSSR count). The summed E-state index contributed by atoms with van der Waals surface area (Å²) >= 11 is 0. The fraction of sp³-hybridized carbons (Fsp3) is 0.357. The number of hydrogen-bond acceptors (Lipinski definition) is 4. The third kappa shape index (κ3) is 5.62. The first-order valence-corrected chi connectivity index (χ1v) is 6.60. The smallest absolute Gasteiger partial charge is 0.253 e. The molecule has 1 aromatic carbocycles. The van der Waals surface area contributed by atoms with E-state index in [0.717, 1.165) is 0 Å². The van der Waals surface area contributed by atoms with Gasteiger partial charge < -0.3 is 21.7 Å². The quantitative estimate of drug-likeness (QED) is 0.583. The zero-order valence-corrected chi connectivity index (χ0v) is 12.1. The summed E-state index contributed by atoms with van der Waals surface area (Å²) in [5.74, 6) is -1.12. The molecule has 0 radical (unpaired) electrons. The van der Waals surface area contributed by atoms with Crippen molar-refractivity contribution in [3.05, 3.63) is 29.8 Å². The average molecular weight is 292 g/mol.